The van der Waals surface area contributed by atoms with Gasteiger partial charge in [-0.1, -0.05) is 63.8 Å². The van der Waals surface area contributed by atoms with Gasteiger partial charge in [0.25, 0.3) is 0 Å². The molecular formula is C25H32O2. The van der Waals surface area contributed by atoms with Crippen LogP contribution in [-0.4, -0.2) is 5.97 Å². The number of hydrogen-bond donors (Lipinski definition) is 0. The summed E-state index contributed by atoms with van der Waals surface area (Å²) >= 11 is 0. The van der Waals surface area contributed by atoms with Gasteiger partial charge >= 0.3 is 5.97 Å². The predicted molar refractivity (Wildman–Crippen MR) is 114 cm³/mol. The summed E-state index contributed by atoms with van der Waals surface area (Å²) in [5.74, 6) is 1.38. The van der Waals surface area contributed by atoms with Gasteiger partial charge in [0.1, 0.15) is 5.75 Å². The molecule has 2 aromatic carbocycles. The number of fused-ring (bicyclic) bond motifs is 1. The molecule has 0 N–H and O–H groups in total. The van der Waals surface area contributed by atoms with Crippen molar-refractivity contribution < 1.29 is 9.53 Å². The number of hydrogen-bond acceptors (Lipinski definition) is 2. The van der Waals surface area contributed by atoms with Crippen LogP contribution in [0.25, 0.3) is 16.3 Å². The van der Waals surface area contributed by atoms with E-state index in [1.807, 2.05) is 12.1 Å². The average molecular weight is 365 g/mol. The Labute approximate surface area is 163 Å². The van der Waals surface area contributed by atoms with Gasteiger partial charge in [-0.25, -0.2) is 0 Å². The smallest absolute Gasteiger partial charge is 0.311 e. The van der Waals surface area contributed by atoms with Gasteiger partial charge in [0.15, 0.2) is 0 Å². The third-order valence-corrected chi connectivity index (χ3v) is 5.75. The van der Waals surface area contributed by atoms with Crippen LogP contribution in [0, 0.1) is 5.92 Å². The van der Waals surface area contributed by atoms with E-state index in [1.54, 1.807) is 0 Å². The van der Waals surface area contributed by atoms with Gasteiger partial charge in [-0.05, 0) is 71.7 Å². The van der Waals surface area contributed by atoms with E-state index in [0.29, 0.717) is 12.2 Å². The second-order valence-corrected chi connectivity index (χ2v) is 7.79. The first-order valence-electron chi connectivity index (χ1n) is 10.6. The van der Waals surface area contributed by atoms with E-state index in [1.165, 1.54) is 55.0 Å². The highest BCUT2D eigenvalue weighted by Gasteiger charge is 2.14. The molecule has 0 heterocycles. The highest BCUT2D eigenvalue weighted by Crippen LogP contribution is 2.33. The number of unbranched alkanes of at least 4 members (excludes halogenated alkanes) is 3. The molecule has 3 rings (SSSR count). The summed E-state index contributed by atoms with van der Waals surface area (Å²) in [6.45, 7) is 4.46. The summed E-state index contributed by atoms with van der Waals surface area (Å²) in [4.78, 5) is 12.0. The molecule has 2 nitrogen and oxygen atoms in total. The summed E-state index contributed by atoms with van der Waals surface area (Å²) in [5.41, 5.74) is 2.81. The SMILES string of the molecule is CCCCCCC(=O)Oc1ccc2cc(C3=CCC(CC)CC3)ccc2c1. The summed E-state index contributed by atoms with van der Waals surface area (Å²) in [5, 5.41) is 2.33. The predicted octanol–water partition coefficient (Wildman–Crippen LogP) is 7.31. The number of benzene rings is 2. The molecule has 1 unspecified atom stereocenters. The zero-order chi connectivity index (χ0) is 19.1. The maximum atomic E-state index is 12.0. The van der Waals surface area contributed by atoms with Gasteiger partial charge in [-0.2, -0.15) is 0 Å². The highest BCUT2D eigenvalue weighted by atomic mass is 16.5. The molecule has 1 atom stereocenters. The van der Waals surface area contributed by atoms with Crippen molar-refractivity contribution in [2.75, 3.05) is 0 Å². The van der Waals surface area contributed by atoms with Crippen LogP contribution in [0.5, 0.6) is 5.75 Å². The molecule has 0 aliphatic heterocycles. The van der Waals surface area contributed by atoms with Crippen LogP contribution in [0.4, 0.5) is 0 Å². The number of rotatable bonds is 8. The maximum Gasteiger partial charge on any atom is 0.311 e. The summed E-state index contributed by atoms with van der Waals surface area (Å²) in [6, 6.07) is 12.6. The van der Waals surface area contributed by atoms with E-state index in [9.17, 15) is 4.79 Å². The molecular weight excluding hydrogens is 332 g/mol. The van der Waals surface area contributed by atoms with Crippen LogP contribution in [0.2, 0.25) is 0 Å². The van der Waals surface area contributed by atoms with Crippen LogP contribution in [0.15, 0.2) is 42.5 Å². The van der Waals surface area contributed by atoms with Crippen LogP contribution >= 0.6 is 0 Å². The molecule has 0 spiro atoms. The Morgan fingerprint density at radius 2 is 1.85 bits per heavy atom. The molecule has 0 fully saturated rings. The minimum Gasteiger partial charge on any atom is -0.427 e. The van der Waals surface area contributed by atoms with Gasteiger partial charge in [0, 0.05) is 6.42 Å². The molecule has 0 bridgehead atoms. The molecule has 144 valence electrons. The average Bonchev–Trinajstić information content (AvgIpc) is 2.71. The number of esters is 1. The fourth-order valence-corrected chi connectivity index (χ4v) is 3.89. The van der Waals surface area contributed by atoms with Crippen LogP contribution in [-0.2, 0) is 4.79 Å². The Morgan fingerprint density at radius 3 is 2.59 bits per heavy atom. The molecule has 2 heteroatoms. The Balaban J connectivity index is 1.65. The normalized spacial score (nSPS) is 17.0. The highest BCUT2D eigenvalue weighted by molar-refractivity contribution is 5.88. The van der Waals surface area contributed by atoms with Crippen molar-refractivity contribution in [1.29, 1.82) is 0 Å². The first-order valence-corrected chi connectivity index (χ1v) is 10.6. The summed E-state index contributed by atoms with van der Waals surface area (Å²) in [6.07, 6.45) is 12.3. The first-order chi connectivity index (χ1) is 13.2. The third kappa shape index (κ3) is 5.45. The molecule has 0 saturated carbocycles. The second kappa shape index (κ2) is 9.73. The zero-order valence-electron chi connectivity index (χ0n) is 16.8. The van der Waals surface area contributed by atoms with Crippen molar-refractivity contribution in [3.8, 4) is 5.75 Å². The first kappa shape index (κ1) is 19.7. The largest absolute Gasteiger partial charge is 0.427 e. The Kier molecular flexibility index (Phi) is 7.09. The molecule has 2 aromatic rings. The van der Waals surface area contributed by atoms with E-state index < -0.39 is 0 Å². The van der Waals surface area contributed by atoms with E-state index >= 15 is 0 Å². The van der Waals surface area contributed by atoms with Crippen molar-refractivity contribution in [3.05, 3.63) is 48.0 Å². The second-order valence-electron chi connectivity index (χ2n) is 7.79. The Morgan fingerprint density at radius 1 is 1.04 bits per heavy atom. The molecule has 0 amide bonds. The summed E-state index contributed by atoms with van der Waals surface area (Å²) in [7, 11) is 0. The molecule has 1 aliphatic rings. The topological polar surface area (TPSA) is 26.3 Å². The molecule has 0 aromatic heterocycles. The molecule has 0 saturated heterocycles. The van der Waals surface area contributed by atoms with Crippen LogP contribution in [0.3, 0.4) is 0 Å². The van der Waals surface area contributed by atoms with Crippen molar-refractivity contribution in [2.45, 2.75) is 71.6 Å². The number of ether oxygens (including phenoxy) is 1. The third-order valence-electron chi connectivity index (χ3n) is 5.75. The lowest BCUT2D eigenvalue weighted by atomic mass is 9.85. The summed E-state index contributed by atoms with van der Waals surface area (Å²) < 4.78 is 5.52. The quantitative estimate of drug-likeness (QED) is 0.279. The molecule has 0 radical (unpaired) electrons. The van der Waals surface area contributed by atoms with Crippen molar-refractivity contribution in [1.82, 2.24) is 0 Å². The standard InChI is InChI=1S/C25H32O2/c1-3-5-6-7-8-25(26)27-24-16-15-22-17-21(13-14-23(22)18-24)20-11-9-19(4-2)10-12-20/h11,13-19H,3-10,12H2,1-2H3. The van der Waals surface area contributed by atoms with E-state index in [4.69, 9.17) is 4.74 Å². The zero-order valence-corrected chi connectivity index (χ0v) is 16.8. The van der Waals surface area contributed by atoms with Crippen LogP contribution in [0.1, 0.15) is 77.2 Å². The van der Waals surface area contributed by atoms with Crippen molar-refractivity contribution in [3.63, 3.8) is 0 Å². The van der Waals surface area contributed by atoms with Gasteiger partial charge in [0.05, 0.1) is 0 Å². The van der Waals surface area contributed by atoms with Gasteiger partial charge in [0.2, 0.25) is 0 Å². The van der Waals surface area contributed by atoms with E-state index in [2.05, 4.69) is 44.2 Å². The van der Waals surface area contributed by atoms with Gasteiger partial charge in [-0.3, -0.25) is 4.79 Å². The van der Waals surface area contributed by atoms with Crippen molar-refractivity contribution >= 4 is 22.3 Å². The molecule has 1 aliphatic carbocycles. The van der Waals surface area contributed by atoms with Gasteiger partial charge in [-0.15, -0.1) is 0 Å². The van der Waals surface area contributed by atoms with Crippen molar-refractivity contribution in [2.24, 2.45) is 5.92 Å². The van der Waals surface area contributed by atoms with E-state index in [-0.39, 0.29) is 5.97 Å². The lowest BCUT2D eigenvalue weighted by Crippen LogP contribution is -2.07. The lowest BCUT2D eigenvalue weighted by Gasteiger charge is -2.21. The maximum absolute atomic E-state index is 12.0. The Hall–Kier alpha value is -2.09. The van der Waals surface area contributed by atoms with E-state index in [0.717, 1.165) is 24.1 Å². The monoisotopic (exact) mass is 364 g/mol. The lowest BCUT2D eigenvalue weighted by molar-refractivity contribution is -0.134. The van der Waals surface area contributed by atoms with Crippen LogP contribution < -0.4 is 4.74 Å². The minimum atomic E-state index is -0.125. The fourth-order valence-electron chi connectivity index (χ4n) is 3.89. The van der Waals surface area contributed by atoms with Gasteiger partial charge < -0.3 is 4.74 Å². The number of carbonyl (C=O) groups excluding carboxylic acids is 1. The fraction of sp³-hybridized carbons (Fsp3) is 0.480. The minimum absolute atomic E-state index is 0.125. The number of carbonyl (C=O) groups is 1. The Bertz CT molecular complexity index is 803. The molecule has 27 heavy (non-hydrogen) atoms. The number of allylic oxidation sites excluding steroid dienone is 2.